The third kappa shape index (κ3) is 3.90. The molecule has 1 aromatic carbocycles. The maximum Gasteiger partial charge on any atom is 0.319 e. The van der Waals surface area contributed by atoms with E-state index in [9.17, 15) is 14.1 Å². The molecule has 0 radical (unpaired) electrons. The molecule has 0 aromatic heterocycles. The normalized spacial score (nSPS) is 14.4. The van der Waals surface area contributed by atoms with Gasteiger partial charge in [0, 0.05) is 16.6 Å². The van der Waals surface area contributed by atoms with Crippen molar-refractivity contribution in [2.75, 3.05) is 0 Å². The van der Waals surface area contributed by atoms with Crippen LogP contribution in [0, 0.1) is 26.7 Å². The largest absolute Gasteiger partial charge is 0.480 e. The number of hydrogen-bond acceptors (Lipinski definition) is 2. The van der Waals surface area contributed by atoms with Crippen LogP contribution in [0.25, 0.3) is 0 Å². The van der Waals surface area contributed by atoms with Crippen LogP contribution in [0.3, 0.4) is 0 Å². The van der Waals surface area contributed by atoms with Crippen molar-refractivity contribution in [3.05, 3.63) is 34.4 Å². The van der Waals surface area contributed by atoms with Crippen molar-refractivity contribution < 1.29 is 14.1 Å². The van der Waals surface area contributed by atoms with Gasteiger partial charge < -0.3 is 5.11 Å². The number of carbonyl (C=O) groups is 1. The highest BCUT2D eigenvalue weighted by molar-refractivity contribution is 7.85. The zero-order chi connectivity index (χ0) is 14.7. The molecule has 19 heavy (non-hydrogen) atoms. The van der Waals surface area contributed by atoms with Gasteiger partial charge in [0.15, 0.2) is 0 Å². The van der Waals surface area contributed by atoms with Crippen molar-refractivity contribution in [3.63, 3.8) is 0 Å². The minimum absolute atomic E-state index is 0.135. The smallest absolute Gasteiger partial charge is 0.319 e. The third-order valence-electron chi connectivity index (χ3n) is 3.26. The zero-order valence-corrected chi connectivity index (χ0v) is 13.0. The van der Waals surface area contributed by atoms with E-state index in [4.69, 9.17) is 0 Å². The summed E-state index contributed by atoms with van der Waals surface area (Å²) in [4.78, 5) is 11.2. The fourth-order valence-corrected chi connectivity index (χ4v) is 4.12. The SMILES string of the molecule is Cc1cc(C)c(CS(=O)C(C(=O)O)C(C)C)c(C)c1. The van der Waals surface area contributed by atoms with E-state index in [-0.39, 0.29) is 5.92 Å². The van der Waals surface area contributed by atoms with Crippen molar-refractivity contribution in [3.8, 4) is 0 Å². The standard InChI is InChI=1S/C15H22O3S/c1-9(2)14(15(16)17)19(18)8-13-11(4)6-10(3)7-12(13)5/h6-7,9,14H,8H2,1-5H3,(H,16,17). The number of benzene rings is 1. The Bertz CT molecular complexity index is 483. The lowest BCUT2D eigenvalue weighted by atomic mass is 10.0. The molecule has 0 aliphatic carbocycles. The van der Waals surface area contributed by atoms with Crippen LogP contribution in [0.5, 0.6) is 0 Å². The van der Waals surface area contributed by atoms with Crippen molar-refractivity contribution >= 4 is 16.8 Å². The van der Waals surface area contributed by atoms with Gasteiger partial charge >= 0.3 is 5.97 Å². The summed E-state index contributed by atoms with van der Waals surface area (Å²) in [5, 5.41) is 8.38. The van der Waals surface area contributed by atoms with Gasteiger partial charge in [-0.15, -0.1) is 0 Å². The Morgan fingerprint density at radius 1 is 1.21 bits per heavy atom. The van der Waals surface area contributed by atoms with Gasteiger partial charge in [0.2, 0.25) is 0 Å². The molecule has 0 amide bonds. The van der Waals surface area contributed by atoms with Gasteiger partial charge in [0.05, 0.1) is 0 Å². The van der Waals surface area contributed by atoms with E-state index in [1.165, 1.54) is 5.56 Å². The molecule has 0 spiro atoms. The summed E-state index contributed by atoms with van der Waals surface area (Å²) in [5.74, 6) is -0.798. The Balaban J connectivity index is 3.03. The van der Waals surface area contributed by atoms with Gasteiger partial charge in [0.25, 0.3) is 0 Å². The van der Waals surface area contributed by atoms with E-state index in [0.717, 1.165) is 16.7 Å². The number of aryl methyl sites for hydroxylation is 3. The Morgan fingerprint density at radius 2 is 1.68 bits per heavy atom. The molecule has 1 N–H and O–H groups in total. The predicted octanol–water partition coefficient (Wildman–Crippen LogP) is 2.97. The van der Waals surface area contributed by atoms with Crippen molar-refractivity contribution in [2.24, 2.45) is 5.92 Å². The molecule has 0 fully saturated rings. The second-order valence-electron chi connectivity index (χ2n) is 5.41. The van der Waals surface area contributed by atoms with E-state index >= 15 is 0 Å². The average molecular weight is 282 g/mol. The van der Waals surface area contributed by atoms with E-state index < -0.39 is 22.0 Å². The van der Waals surface area contributed by atoms with Crippen LogP contribution in [0.1, 0.15) is 36.1 Å². The molecule has 3 nitrogen and oxygen atoms in total. The second-order valence-corrected chi connectivity index (χ2v) is 6.96. The second kappa shape index (κ2) is 6.33. The first-order valence-corrected chi connectivity index (χ1v) is 7.79. The van der Waals surface area contributed by atoms with Crippen LogP contribution >= 0.6 is 0 Å². The number of hydrogen-bond donors (Lipinski definition) is 1. The van der Waals surface area contributed by atoms with Crippen LogP contribution in [0.4, 0.5) is 0 Å². The average Bonchev–Trinajstić information content (AvgIpc) is 2.22. The molecule has 106 valence electrons. The summed E-state index contributed by atoms with van der Waals surface area (Å²) in [6.07, 6.45) is 0. The first kappa shape index (κ1) is 15.9. The summed E-state index contributed by atoms with van der Waals surface area (Å²) in [7, 11) is -1.40. The lowest BCUT2D eigenvalue weighted by molar-refractivity contribution is -0.137. The molecule has 4 heteroatoms. The van der Waals surface area contributed by atoms with Crippen LogP contribution < -0.4 is 0 Å². The van der Waals surface area contributed by atoms with Crippen LogP contribution in [-0.4, -0.2) is 20.5 Å². The minimum Gasteiger partial charge on any atom is -0.480 e. The first-order valence-electron chi connectivity index (χ1n) is 6.40. The van der Waals surface area contributed by atoms with Crippen molar-refractivity contribution in [1.29, 1.82) is 0 Å². The van der Waals surface area contributed by atoms with E-state index in [0.29, 0.717) is 5.75 Å². The quantitative estimate of drug-likeness (QED) is 0.903. The van der Waals surface area contributed by atoms with Gasteiger partial charge in [-0.05, 0) is 43.4 Å². The number of carboxylic acids is 1. The fraction of sp³-hybridized carbons (Fsp3) is 0.533. The lowest BCUT2D eigenvalue weighted by Gasteiger charge is -2.18. The van der Waals surface area contributed by atoms with E-state index in [1.54, 1.807) is 13.8 Å². The Labute approximate surface area is 117 Å². The molecule has 0 aliphatic heterocycles. The van der Waals surface area contributed by atoms with Gasteiger partial charge in [-0.3, -0.25) is 9.00 Å². The van der Waals surface area contributed by atoms with Crippen molar-refractivity contribution in [2.45, 2.75) is 45.6 Å². The summed E-state index contributed by atoms with van der Waals surface area (Å²) in [6.45, 7) is 9.58. The van der Waals surface area contributed by atoms with Gasteiger partial charge in [0.1, 0.15) is 5.25 Å². The molecule has 0 saturated carbocycles. The molecule has 1 rings (SSSR count). The van der Waals surface area contributed by atoms with Gasteiger partial charge in [-0.1, -0.05) is 31.5 Å². The first-order chi connectivity index (χ1) is 8.73. The summed E-state index contributed by atoms with van der Waals surface area (Å²) in [6, 6.07) is 4.09. The maximum atomic E-state index is 12.3. The molecule has 0 heterocycles. The molecular formula is C15H22O3S. The molecule has 0 aliphatic rings. The molecule has 0 bridgehead atoms. The predicted molar refractivity (Wildman–Crippen MR) is 78.8 cm³/mol. The van der Waals surface area contributed by atoms with Gasteiger partial charge in [-0.25, -0.2) is 0 Å². The molecule has 0 saturated heterocycles. The molecule has 2 unspecified atom stereocenters. The van der Waals surface area contributed by atoms with Gasteiger partial charge in [-0.2, -0.15) is 0 Å². The number of rotatable bonds is 5. The number of carboxylic acid groups (broad SMARTS) is 1. The maximum absolute atomic E-state index is 12.3. The molecule has 2 atom stereocenters. The van der Waals surface area contributed by atoms with Crippen LogP contribution in [-0.2, 0) is 21.3 Å². The van der Waals surface area contributed by atoms with Crippen molar-refractivity contribution in [1.82, 2.24) is 0 Å². The molecule has 1 aromatic rings. The molecular weight excluding hydrogens is 260 g/mol. The van der Waals surface area contributed by atoms with Crippen LogP contribution in [0.2, 0.25) is 0 Å². The Hall–Kier alpha value is -1.16. The Morgan fingerprint density at radius 3 is 2.05 bits per heavy atom. The lowest BCUT2D eigenvalue weighted by Crippen LogP contribution is -2.32. The topological polar surface area (TPSA) is 54.4 Å². The number of aliphatic carboxylic acids is 1. The monoisotopic (exact) mass is 282 g/mol. The zero-order valence-electron chi connectivity index (χ0n) is 12.2. The third-order valence-corrected chi connectivity index (χ3v) is 5.14. The summed E-state index contributed by atoms with van der Waals surface area (Å²) in [5.41, 5.74) is 4.34. The minimum atomic E-state index is -1.40. The highest BCUT2D eigenvalue weighted by atomic mass is 32.2. The highest BCUT2D eigenvalue weighted by Crippen LogP contribution is 2.21. The summed E-state index contributed by atoms with van der Waals surface area (Å²) >= 11 is 0. The van der Waals surface area contributed by atoms with Crippen LogP contribution in [0.15, 0.2) is 12.1 Å². The summed E-state index contributed by atoms with van der Waals surface area (Å²) < 4.78 is 12.3. The van der Waals surface area contributed by atoms with E-state index in [1.807, 2.05) is 32.9 Å². The van der Waals surface area contributed by atoms with E-state index in [2.05, 4.69) is 0 Å². The Kier molecular flexibility index (Phi) is 5.29. The highest BCUT2D eigenvalue weighted by Gasteiger charge is 2.28. The fourth-order valence-electron chi connectivity index (χ4n) is 2.37.